The van der Waals surface area contributed by atoms with Crippen molar-refractivity contribution < 1.29 is 4.42 Å². The highest BCUT2D eigenvalue weighted by Gasteiger charge is 2.41. The van der Waals surface area contributed by atoms with Crippen molar-refractivity contribution in [2.24, 2.45) is 0 Å². The number of benzene rings is 9. The van der Waals surface area contributed by atoms with Gasteiger partial charge in [0.2, 0.25) is 0 Å². The second kappa shape index (κ2) is 14.8. The number of hydrogen-bond acceptors (Lipinski definition) is 3. The third-order valence-electron chi connectivity index (χ3n) is 13.0. The third kappa shape index (κ3) is 6.20. The van der Waals surface area contributed by atoms with Crippen LogP contribution in [0.3, 0.4) is 0 Å². The normalized spacial score (nSPS) is 14.2. The molecule has 1 unspecified atom stereocenters. The Morgan fingerprint density at radius 1 is 0.349 bits per heavy atom. The number of hydrogen-bond donors (Lipinski definition) is 0. The second-order valence-corrected chi connectivity index (χ2v) is 16.6. The molecule has 296 valence electrons. The summed E-state index contributed by atoms with van der Waals surface area (Å²) in [4.78, 5) is 10.6. The van der Waals surface area contributed by atoms with Crippen LogP contribution in [0.25, 0.3) is 100 Å². The predicted octanol–water partition coefficient (Wildman–Crippen LogP) is 15.7. The molecular formula is C60H40N2O. The molecule has 0 saturated heterocycles. The van der Waals surface area contributed by atoms with E-state index in [0.717, 1.165) is 77.8 Å². The van der Waals surface area contributed by atoms with E-state index in [0.29, 0.717) is 5.82 Å². The van der Waals surface area contributed by atoms with Crippen molar-refractivity contribution in [1.29, 1.82) is 0 Å². The number of nitrogens with zero attached hydrogens (tertiary/aromatic N) is 2. The van der Waals surface area contributed by atoms with Crippen LogP contribution in [0, 0.1) is 0 Å². The van der Waals surface area contributed by atoms with E-state index in [1.165, 1.54) is 33.4 Å². The lowest BCUT2D eigenvalue weighted by Gasteiger charge is -2.28. The maximum absolute atomic E-state index is 6.17. The van der Waals surface area contributed by atoms with Crippen molar-refractivity contribution >= 4 is 21.9 Å². The maximum Gasteiger partial charge on any atom is 0.160 e. The molecule has 0 aliphatic heterocycles. The molecule has 63 heavy (non-hydrogen) atoms. The second-order valence-electron chi connectivity index (χ2n) is 16.6. The molecule has 12 rings (SSSR count). The van der Waals surface area contributed by atoms with Gasteiger partial charge >= 0.3 is 0 Å². The molecule has 1 atom stereocenters. The van der Waals surface area contributed by atoms with Gasteiger partial charge in [0.05, 0.1) is 11.4 Å². The van der Waals surface area contributed by atoms with E-state index < -0.39 is 0 Å². The molecule has 9 aromatic carbocycles. The number of fused-ring (bicyclic) bond motifs is 6. The summed E-state index contributed by atoms with van der Waals surface area (Å²) in [5.41, 5.74) is 19.5. The molecule has 3 nitrogen and oxygen atoms in total. The molecule has 0 N–H and O–H groups in total. The van der Waals surface area contributed by atoms with Gasteiger partial charge in [-0.15, -0.1) is 0 Å². The summed E-state index contributed by atoms with van der Waals surface area (Å²) in [6.45, 7) is 2.38. The first kappa shape index (κ1) is 36.7. The number of aromatic nitrogens is 2. The fraction of sp³-hybridized carbons (Fsp3) is 0.0333. The Kier molecular flexibility index (Phi) is 8.62. The summed E-state index contributed by atoms with van der Waals surface area (Å²) in [6, 6.07) is 80.2. The van der Waals surface area contributed by atoms with Gasteiger partial charge < -0.3 is 4.42 Å². The quantitative estimate of drug-likeness (QED) is 0.161. The summed E-state index contributed by atoms with van der Waals surface area (Å²) in [6.07, 6.45) is 0. The predicted molar refractivity (Wildman–Crippen MR) is 259 cm³/mol. The fourth-order valence-electron chi connectivity index (χ4n) is 9.82. The monoisotopic (exact) mass is 804 g/mol. The summed E-state index contributed by atoms with van der Waals surface area (Å²) in [7, 11) is 0. The molecule has 2 aromatic heterocycles. The topological polar surface area (TPSA) is 38.9 Å². The SMILES string of the molecule is CC1(c2ccccc2)c2ccccc2-c2c(-c3cc(-c4ccccc4)cc(-c4cc(-c5cccc(-c6ccc7oc8ccccc8c7c6)c5)nc(-c5ccccc5)n4)c3)cccc21. The fourth-order valence-corrected chi connectivity index (χ4v) is 9.82. The van der Waals surface area contributed by atoms with Crippen LogP contribution < -0.4 is 0 Å². The van der Waals surface area contributed by atoms with Gasteiger partial charge in [-0.3, -0.25) is 0 Å². The van der Waals surface area contributed by atoms with Crippen molar-refractivity contribution in [3.05, 3.63) is 241 Å². The van der Waals surface area contributed by atoms with Gasteiger partial charge in [-0.1, -0.05) is 176 Å². The first-order valence-corrected chi connectivity index (χ1v) is 21.6. The van der Waals surface area contributed by atoms with E-state index in [1.807, 2.05) is 30.3 Å². The zero-order chi connectivity index (χ0) is 41.9. The van der Waals surface area contributed by atoms with Gasteiger partial charge in [0.1, 0.15) is 11.2 Å². The molecule has 0 bridgehead atoms. The van der Waals surface area contributed by atoms with Crippen molar-refractivity contribution in [2.45, 2.75) is 12.3 Å². The molecule has 0 radical (unpaired) electrons. The first-order valence-electron chi connectivity index (χ1n) is 21.6. The summed E-state index contributed by atoms with van der Waals surface area (Å²) in [5.74, 6) is 0.680. The Morgan fingerprint density at radius 2 is 0.905 bits per heavy atom. The van der Waals surface area contributed by atoms with Crippen LogP contribution in [0.15, 0.2) is 229 Å². The third-order valence-corrected chi connectivity index (χ3v) is 13.0. The largest absolute Gasteiger partial charge is 0.456 e. The van der Waals surface area contributed by atoms with Crippen LogP contribution in [0.5, 0.6) is 0 Å². The Hall–Kier alpha value is -8.14. The van der Waals surface area contributed by atoms with E-state index in [1.54, 1.807) is 0 Å². The molecule has 0 amide bonds. The molecular weight excluding hydrogens is 765 g/mol. The standard InChI is InChI=1S/C60H40N2O/c1-60(47-23-9-4-10-24-47)52-28-13-11-26-50(52)58-48(27-16-29-53(58)60)45-34-44(39-17-5-2-6-18-39)35-46(36-45)55-38-54(61-59(62-55)40-19-7-3-8-20-40)43-22-15-21-41(33-43)42-31-32-57-51(37-42)49-25-12-14-30-56(49)63-57/h2-38H,1H3. The summed E-state index contributed by atoms with van der Waals surface area (Å²) in [5, 5.41) is 2.22. The van der Waals surface area contributed by atoms with Crippen LogP contribution in [-0.4, -0.2) is 9.97 Å². The zero-order valence-corrected chi connectivity index (χ0v) is 34.7. The molecule has 1 aliphatic rings. The van der Waals surface area contributed by atoms with Crippen LogP contribution >= 0.6 is 0 Å². The van der Waals surface area contributed by atoms with Crippen LogP contribution in [0.1, 0.15) is 23.6 Å². The minimum Gasteiger partial charge on any atom is -0.456 e. The van der Waals surface area contributed by atoms with Crippen molar-refractivity contribution in [3.63, 3.8) is 0 Å². The smallest absolute Gasteiger partial charge is 0.160 e. The Bertz CT molecular complexity index is 3520. The summed E-state index contributed by atoms with van der Waals surface area (Å²) < 4.78 is 6.17. The molecule has 0 spiro atoms. The highest BCUT2D eigenvalue weighted by Crippen LogP contribution is 2.55. The van der Waals surface area contributed by atoms with Gasteiger partial charge in [0.15, 0.2) is 5.82 Å². The van der Waals surface area contributed by atoms with Crippen molar-refractivity contribution in [2.75, 3.05) is 0 Å². The molecule has 1 aliphatic carbocycles. The van der Waals surface area contributed by atoms with Crippen molar-refractivity contribution in [3.8, 4) is 78.4 Å². The molecule has 0 saturated carbocycles. The van der Waals surface area contributed by atoms with E-state index in [-0.39, 0.29) is 5.41 Å². The van der Waals surface area contributed by atoms with Gasteiger partial charge in [-0.25, -0.2) is 9.97 Å². The first-order chi connectivity index (χ1) is 31.1. The Labute approximate surface area is 366 Å². The van der Waals surface area contributed by atoms with Crippen LogP contribution in [0.4, 0.5) is 0 Å². The summed E-state index contributed by atoms with van der Waals surface area (Å²) >= 11 is 0. The van der Waals surface area contributed by atoms with E-state index in [2.05, 4.69) is 201 Å². The molecule has 3 heteroatoms. The molecule has 2 heterocycles. The average molecular weight is 805 g/mol. The zero-order valence-electron chi connectivity index (χ0n) is 34.7. The number of furan rings is 1. The van der Waals surface area contributed by atoms with E-state index >= 15 is 0 Å². The molecule has 11 aromatic rings. The average Bonchev–Trinajstić information content (AvgIpc) is 3.87. The minimum atomic E-state index is -0.304. The highest BCUT2D eigenvalue weighted by atomic mass is 16.3. The van der Waals surface area contributed by atoms with Crippen molar-refractivity contribution in [1.82, 2.24) is 9.97 Å². The van der Waals surface area contributed by atoms with Crippen LogP contribution in [0.2, 0.25) is 0 Å². The lowest BCUT2D eigenvalue weighted by Crippen LogP contribution is -2.22. The van der Waals surface area contributed by atoms with E-state index in [9.17, 15) is 0 Å². The Morgan fingerprint density at radius 3 is 1.73 bits per heavy atom. The molecule has 0 fully saturated rings. The Balaban J connectivity index is 1.05. The van der Waals surface area contributed by atoms with Gasteiger partial charge in [0.25, 0.3) is 0 Å². The van der Waals surface area contributed by atoms with Gasteiger partial charge in [-0.2, -0.15) is 0 Å². The number of para-hydroxylation sites is 1. The highest BCUT2D eigenvalue weighted by molar-refractivity contribution is 6.06. The number of rotatable bonds is 7. The van der Waals surface area contributed by atoms with Gasteiger partial charge in [-0.05, 0) is 117 Å². The van der Waals surface area contributed by atoms with E-state index in [4.69, 9.17) is 14.4 Å². The lowest BCUT2D eigenvalue weighted by atomic mass is 9.74. The minimum absolute atomic E-state index is 0.304. The van der Waals surface area contributed by atoms with Crippen LogP contribution in [-0.2, 0) is 5.41 Å². The van der Waals surface area contributed by atoms with Gasteiger partial charge in [0, 0.05) is 32.9 Å². The maximum atomic E-state index is 6.17. The lowest BCUT2D eigenvalue weighted by molar-refractivity contribution is 0.669.